The lowest BCUT2D eigenvalue weighted by atomic mass is 10.4. The van der Waals surface area contributed by atoms with E-state index in [-0.39, 0.29) is 12.7 Å². The lowest BCUT2D eigenvalue weighted by Gasteiger charge is -2.09. The van der Waals surface area contributed by atoms with Gasteiger partial charge in [0.05, 0.1) is 6.10 Å². The molecule has 0 aliphatic carbocycles. The molecule has 0 atom stereocenters. The highest BCUT2D eigenvalue weighted by molar-refractivity contribution is 5.50. The summed E-state index contributed by atoms with van der Waals surface area (Å²) in [5.74, 6) is 0. The van der Waals surface area contributed by atoms with Gasteiger partial charge < -0.3 is 21.0 Å². The number of hydrogen-bond acceptors (Lipinski definition) is 4. The van der Waals surface area contributed by atoms with Crippen LogP contribution in [0.25, 0.3) is 0 Å². The van der Waals surface area contributed by atoms with Gasteiger partial charge in [-0.1, -0.05) is 0 Å². The summed E-state index contributed by atoms with van der Waals surface area (Å²) in [5, 5.41) is 0. The van der Waals surface area contributed by atoms with Crippen LogP contribution < -0.4 is 11.5 Å². The van der Waals surface area contributed by atoms with Gasteiger partial charge in [-0.2, -0.15) is 0 Å². The summed E-state index contributed by atoms with van der Waals surface area (Å²) in [6.07, 6.45) is 0.508. The highest BCUT2D eigenvalue weighted by atomic mass is 16.5. The maximum atomic E-state index is 9.73. The van der Waals surface area contributed by atoms with Gasteiger partial charge in [-0.05, 0) is 0 Å². The summed E-state index contributed by atoms with van der Waals surface area (Å²) in [4.78, 5) is 9.73. The Balaban J connectivity index is 3.19. The maximum Gasteiger partial charge on any atom is 0.145 e. The minimum atomic E-state index is -0.171. The summed E-state index contributed by atoms with van der Waals surface area (Å²) in [6.45, 7) is 0.813. The number of nitrogens with two attached hydrogens (primary N) is 2. The van der Waals surface area contributed by atoms with Crippen molar-refractivity contribution in [2.45, 2.75) is 6.10 Å². The SMILES string of the molecule is NCC(CN)OCC=O. The summed E-state index contributed by atoms with van der Waals surface area (Å²) in [7, 11) is 0. The molecule has 9 heavy (non-hydrogen) atoms. The number of carbonyl (C=O) groups is 1. The van der Waals surface area contributed by atoms with Gasteiger partial charge in [0.15, 0.2) is 0 Å². The monoisotopic (exact) mass is 132 g/mol. The number of rotatable bonds is 5. The summed E-state index contributed by atoms with van der Waals surface area (Å²) < 4.78 is 4.87. The van der Waals surface area contributed by atoms with Gasteiger partial charge in [0.25, 0.3) is 0 Å². The van der Waals surface area contributed by atoms with Crippen molar-refractivity contribution in [3.63, 3.8) is 0 Å². The Labute approximate surface area is 54.2 Å². The molecule has 0 saturated carbocycles. The molecule has 0 spiro atoms. The van der Waals surface area contributed by atoms with Crippen molar-refractivity contribution in [3.8, 4) is 0 Å². The van der Waals surface area contributed by atoms with Gasteiger partial charge in [-0.25, -0.2) is 0 Å². The van der Waals surface area contributed by atoms with Gasteiger partial charge in [0.1, 0.15) is 12.9 Å². The molecule has 0 aromatic rings. The minimum absolute atomic E-state index is 0.0824. The molecule has 0 bridgehead atoms. The van der Waals surface area contributed by atoms with Crippen LogP contribution in [0.15, 0.2) is 0 Å². The molecular weight excluding hydrogens is 120 g/mol. The van der Waals surface area contributed by atoms with Crippen LogP contribution in [0.5, 0.6) is 0 Å². The zero-order chi connectivity index (χ0) is 7.11. The van der Waals surface area contributed by atoms with Crippen molar-refractivity contribution in [1.82, 2.24) is 0 Å². The first kappa shape index (κ1) is 8.55. The van der Waals surface area contributed by atoms with Gasteiger partial charge in [-0.15, -0.1) is 0 Å². The van der Waals surface area contributed by atoms with Crippen molar-refractivity contribution >= 4 is 6.29 Å². The normalized spacial score (nSPS) is 10.1. The molecule has 54 valence electrons. The standard InChI is InChI=1S/C5H12N2O2/c6-3-5(4-7)9-2-1-8/h1,5H,2-4,6-7H2. The van der Waals surface area contributed by atoms with Crippen LogP contribution in [0.2, 0.25) is 0 Å². The highest BCUT2D eigenvalue weighted by Gasteiger charge is 2.00. The molecule has 0 aromatic heterocycles. The third-order valence-corrected chi connectivity index (χ3v) is 0.926. The molecule has 4 nitrogen and oxygen atoms in total. The molecule has 0 aliphatic rings. The first-order chi connectivity index (χ1) is 4.35. The van der Waals surface area contributed by atoms with Gasteiger partial charge >= 0.3 is 0 Å². The van der Waals surface area contributed by atoms with Crippen LogP contribution in [-0.2, 0) is 9.53 Å². The molecule has 0 saturated heterocycles. The maximum absolute atomic E-state index is 9.73. The predicted molar refractivity (Wildman–Crippen MR) is 33.9 cm³/mol. The number of aldehydes is 1. The van der Waals surface area contributed by atoms with E-state index in [0.717, 1.165) is 0 Å². The lowest BCUT2D eigenvalue weighted by Crippen LogP contribution is -2.32. The van der Waals surface area contributed by atoms with Crippen LogP contribution in [-0.4, -0.2) is 32.1 Å². The lowest BCUT2D eigenvalue weighted by molar-refractivity contribution is -0.113. The van der Waals surface area contributed by atoms with E-state index in [0.29, 0.717) is 19.4 Å². The zero-order valence-electron chi connectivity index (χ0n) is 5.25. The predicted octanol–water partition coefficient (Wildman–Crippen LogP) is -1.51. The van der Waals surface area contributed by atoms with Crippen LogP contribution in [0.4, 0.5) is 0 Å². The molecule has 0 rings (SSSR count). The van der Waals surface area contributed by atoms with Crippen molar-refractivity contribution < 1.29 is 9.53 Å². The van der Waals surface area contributed by atoms with E-state index in [1.807, 2.05) is 0 Å². The fraction of sp³-hybridized carbons (Fsp3) is 0.800. The second-order valence-corrected chi connectivity index (χ2v) is 1.59. The molecule has 0 unspecified atom stereocenters. The molecule has 0 fully saturated rings. The van der Waals surface area contributed by atoms with Gasteiger partial charge in [0, 0.05) is 13.1 Å². The van der Waals surface area contributed by atoms with Crippen LogP contribution in [0.1, 0.15) is 0 Å². The van der Waals surface area contributed by atoms with Crippen molar-refractivity contribution in [2.75, 3.05) is 19.7 Å². The Morgan fingerprint density at radius 1 is 1.44 bits per heavy atom. The van der Waals surface area contributed by atoms with Crippen LogP contribution in [0, 0.1) is 0 Å². The zero-order valence-corrected chi connectivity index (χ0v) is 5.25. The molecule has 0 radical (unpaired) electrons. The van der Waals surface area contributed by atoms with E-state index >= 15 is 0 Å². The third kappa shape index (κ3) is 4.08. The molecule has 4 heteroatoms. The number of carbonyl (C=O) groups excluding carboxylic acids is 1. The number of ether oxygens (including phenoxy) is 1. The Kier molecular flexibility index (Phi) is 5.40. The molecule has 0 aromatic carbocycles. The Morgan fingerprint density at radius 3 is 2.33 bits per heavy atom. The largest absolute Gasteiger partial charge is 0.368 e. The Morgan fingerprint density at radius 2 is 2.00 bits per heavy atom. The fourth-order valence-electron chi connectivity index (χ4n) is 0.408. The molecule has 0 aliphatic heterocycles. The van der Waals surface area contributed by atoms with E-state index < -0.39 is 0 Å². The number of hydrogen-bond donors (Lipinski definition) is 2. The Bertz CT molecular complexity index is 73.4. The third-order valence-electron chi connectivity index (χ3n) is 0.926. The first-order valence-electron chi connectivity index (χ1n) is 2.80. The van der Waals surface area contributed by atoms with Gasteiger partial charge in [0.2, 0.25) is 0 Å². The van der Waals surface area contributed by atoms with Crippen molar-refractivity contribution in [2.24, 2.45) is 11.5 Å². The summed E-state index contributed by atoms with van der Waals surface area (Å²) in [5.41, 5.74) is 10.4. The molecule has 0 heterocycles. The topological polar surface area (TPSA) is 78.3 Å². The van der Waals surface area contributed by atoms with Crippen molar-refractivity contribution in [3.05, 3.63) is 0 Å². The molecule has 0 amide bonds. The molecule has 4 N–H and O–H groups in total. The van der Waals surface area contributed by atoms with E-state index in [1.165, 1.54) is 0 Å². The van der Waals surface area contributed by atoms with Crippen LogP contribution in [0.3, 0.4) is 0 Å². The molecular formula is C5H12N2O2. The van der Waals surface area contributed by atoms with E-state index in [4.69, 9.17) is 16.2 Å². The van der Waals surface area contributed by atoms with E-state index in [9.17, 15) is 4.79 Å². The first-order valence-corrected chi connectivity index (χ1v) is 2.80. The smallest absolute Gasteiger partial charge is 0.145 e. The van der Waals surface area contributed by atoms with E-state index in [2.05, 4.69) is 0 Å². The Hall–Kier alpha value is -0.450. The fourth-order valence-corrected chi connectivity index (χ4v) is 0.408. The summed E-state index contributed by atoms with van der Waals surface area (Å²) >= 11 is 0. The highest BCUT2D eigenvalue weighted by Crippen LogP contribution is 1.82. The van der Waals surface area contributed by atoms with Crippen molar-refractivity contribution in [1.29, 1.82) is 0 Å². The average molecular weight is 132 g/mol. The van der Waals surface area contributed by atoms with Gasteiger partial charge in [-0.3, -0.25) is 0 Å². The van der Waals surface area contributed by atoms with E-state index in [1.54, 1.807) is 0 Å². The van der Waals surface area contributed by atoms with Crippen LogP contribution >= 0.6 is 0 Å². The second kappa shape index (κ2) is 5.68. The average Bonchev–Trinajstić information content (AvgIpc) is 1.91. The summed E-state index contributed by atoms with van der Waals surface area (Å²) in [6, 6.07) is 0. The quantitative estimate of drug-likeness (QED) is 0.446. The second-order valence-electron chi connectivity index (χ2n) is 1.59. The minimum Gasteiger partial charge on any atom is -0.368 e.